The molecule has 0 saturated carbocycles. The summed E-state index contributed by atoms with van der Waals surface area (Å²) in [6, 6.07) is 14.4. The van der Waals surface area contributed by atoms with Crippen LogP contribution in [0.5, 0.6) is 11.5 Å². The van der Waals surface area contributed by atoms with Crippen molar-refractivity contribution in [2.75, 3.05) is 18.5 Å². The summed E-state index contributed by atoms with van der Waals surface area (Å²) in [6.45, 7) is 5.43. The van der Waals surface area contributed by atoms with Gasteiger partial charge in [-0.3, -0.25) is 4.79 Å². The number of carbonyl (C=O) groups excluding carboxylic acids is 2. The number of ether oxygens (including phenoxy) is 3. The third-order valence-electron chi connectivity index (χ3n) is 3.57. The van der Waals surface area contributed by atoms with Gasteiger partial charge in [-0.25, -0.2) is 4.79 Å². The third kappa shape index (κ3) is 5.51. The van der Waals surface area contributed by atoms with Gasteiger partial charge in [-0.05, 0) is 44.5 Å². The van der Waals surface area contributed by atoms with Crippen LogP contribution in [0.2, 0.25) is 0 Å². The fraction of sp³-hybridized carbons (Fsp3) is 0.300. The Hall–Kier alpha value is -3.02. The number of benzene rings is 2. The van der Waals surface area contributed by atoms with Gasteiger partial charge in [0.15, 0.2) is 24.2 Å². The van der Waals surface area contributed by atoms with Gasteiger partial charge in [0.05, 0.1) is 6.61 Å². The molecule has 2 aromatic rings. The third-order valence-corrected chi connectivity index (χ3v) is 3.57. The predicted molar refractivity (Wildman–Crippen MR) is 98.5 cm³/mol. The number of aryl methyl sites for hydroxylation is 1. The first-order chi connectivity index (χ1) is 12.5. The monoisotopic (exact) mass is 357 g/mol. The number of rotatable bonds is 8. The molecule has 6 heteroatoms. The maximum atomic E-state index is 12.2. The van der Waals surface area contributed by atoms with Crippen LogP contribution in [-0.4, -0.2) is 31.2 Å². The smallest absolute Gasteiger partial charge is 0.344 e. The molecule has 6 nitrogen and oxygen atoms in total. The van der Waals surface area contributed by atoms with Crippen molar-refractivity contribution >= 4 is 17.6 Å². The summed E-state index contributed by atoms with van der Waals surface area (Å²) in [5, 5.41) is 2.74. The van der Waals surface area contributed by atoms with E-state index in [1.165, 1.54) is 6.92 Å². The number of nitrogens with one attached hydrogen (secondary N) is 1. The molecular weight excluding hydrogens is 334 g/mol. The van der Waals surface area contributed by atoms with Crippen molar-refractivity contribution in [2.45, 2.75) is 26.9 Å². The lowest BCUT2D eigenvalue weighted by atomic mass is 10.2. The topological polar surface area (TPSA) is 73.9 Å². The number of para-hydroxylation sites is 3. The van der Waals surface area contributed by atoms with Gasteiger partial charge in [0, 0.05) is 5.69 Å². The quantitative estimate of drug-likeness (QED) is 0.734. The highest BCUT2D eigenvalue weighted by atomic mass is 16.6. The first-order valence-electron chi connectivity index (χ1n) is 8.42. The van der Waals surface area contributed by atoms with Crippen LogP contribution < -0.4 is 14.8 Å². The van der Waals surface area contributed by atoms with E-state index >= 15 is 0 Å². The van der Waals surface area contributed by atoms with E-state index in [-0.39, 0.29) is 6.61 Å². The second kappa shape index (κ2) is 9.46. The Labute approximate surface area is 153 Å². The van der Waals surface area contributed by atoms with Crippen LogP contribution in [0.15, 0.2) is 48.5 Å². The number of hydrogen-bond acceptors (Lipinski definition) is 5. The number of esters is 1. The molecule has 0 aliphatic carbocycles. The largest absolute Gasteiger partial charge is 0.490 e. The van der Waals surface area contributed by atoms with Crippen molar-refractivity contribution < 1.29 is 23.8 Å². The number of anilines is 1. The molecule has 1 atom stereocenters. The standard InChI is InChI=1S/C20H23NO5/c1-4-24-17-11-7-8-12-18(17)25-13-19(22)26-15(3)20(23)21-16-10-6-5-9-14(16)2/h5-12,15H,4,13H2,1-3H3,(H,21,23)/t15-/m1/s1. The fourth-order valence-corrected chi connectivity index (χ4v) is 2.21. The maximum absolute atomic E-state index is 12.2. The molecular formula is C20H23NO5. The number of amides is 1. The summed E-state index contributed by atoms with van der Waals surface area (Å²) in [5.41, 5.74) is 1.61. The molecule has 0 radical (unpaired) electrons. The lowest BCUT2D eigenvalue weighted by Crippen LogP contribution is -2.31. The van der Waals surface area contributed by atoms with Gasteiger partial charge in [-0.15, -0.1) is 0 Å². The summed E-state index contributed by atoms with van der Waals surface area (Å²) in [4.78, 5) is 24.1. The molecule has 1 N–H and O–H groups in total. The van der Waals surface area contributed by atoms with Crippen molar-refractivity contribution in [1.82, 2.24) is 0 Å². The molecule has 1 amide bonds. The van der Waals surface area contributed by atoms with Gasteiger partial charge in [0.2, 0.25) is 0 Å². The average molecular weight is 357 g/mol. The number of hydrogen-bond donors (Lipinski definition) is 1. The van der Waals surface area contributed by atoms with Crippen LogP contribution >= 0.6 is 0 Å². The van der Waals surface area contributed by atoms with Crippen LogP contribution in [0, 0.1) is 6.92 Å². The molecule has 2 rings (SSSR count). The van der Waals surface area contributed by atoms with Crippen LogP contribution in [0.25, 0.3) is 0 Å². The molecule has 138 valence electrons. The van der Waals surface area contributed by atoms with E-state index in [9.17, 15) is 9.59 Å². The predicted octanol–water partition coefficient (Wildman–Crippen LogP) is 3.34. The number of carbonyl (C=O) groups is 2. The zero-order valence-electron chi connectivity index (χ0n) is 15.2. The van der Waals surface area contributed by atoms with E-state index in [0.717, 1.165) is 5.56 Å². The minimum Gasteiger partial charge on any atom is -0.490 e. The minimum atomic E-state index is -0.937. The van der Waals surface area contributed by atoms with E-state index in [2.05, 4.69) is 5.32 Å². The second-order valence-corrected chi connectivity index (χ2v) is 5.60. The Morgan fingerprint density at radius 3 is 2.27 bits per heavy atom. The first kappa shape index (κ1) is 19.3. The highest BCUT2D eigenvalue weighted by Gasteiger charge is 2.19. The summed E-state index contributed by atoms with van der Waals surface area (Å²) in [6.07, 6.45) is -0.937. The summed E-state index contributed by atoms with van der Waals surface area (Å²) >= 11 is 0. The molecule has 0 aliphatic heterocycles. The Kier molecular flexibility index (Phi) is 7.02. The fourth-order valence-electron chi connectivity index (χ4n) is 2.21. The van der Waals surface area contributed by atoms with Crippen LogP contribution in [-0.2, 0) is 14.3 Å². The Balaban J connectivity index is 1.85. The molecule has 0 aliphatic rings. The molecule has 0 saturated heterocycles. The van der Waals surface area contributed by atoms with E-state index in [1.807, 2.05) is 38.1 Å². The van der Waals surface area contributed by atoms with Crippen molar-refractivity contribution in [1.29, 1.82) is 0 Å². The lowest BCUT2D eigenvalue weighted by Gasteiger charge is -2.15. The lowest BCUT2D eigenvalue weighted by molar-refractivity contribution is -0.155. The zero-order chi connectivity index (χ0) is 18.9. The molecule has 0 heterocycles. The van der Waals surface area contributed by atoms with Crippen LogP contribution in [0.4, 0.5) is 5.69 Å². The van der Waals surface area contributed by atoms with Crippen molar-refractivity contribution in [3.8, 4) is 11.5 Å². The van der Waals surface area contributed by atoms with E-state index in [4.69, 9.17) is 14.2 Å². The van der Waals surface area contributed by atoms with E-state index in [0.29, 0.717) is 23.8 Å². The minimum absolute atomic E-state index is 0.313. The van der Waals surface area contributed by atoms with Gasteiger partial charge in [-0.1, -0.05) is 30.3 Å². The Bertz CT molecular complexity index is 759. The van der Waals surface area contributed by atoms with Gasteiger partial charge >= 0.3 is 5.97 Å². The van der Waals surface area contributed by atoms with Gasteiger partial charge in [-0.2, -0.15) is 0 Å². The Morgan fingerprint density at radius 1 is 1.00 bits per heavy atom. The molecule has 0 aromatic heterocycles. The van der Waals surface area contributed by atoms with Crippen molar-refractivity contribution in [3.05, 3.63) is 54.1 Å². The van der Waals surface area contributed by atoms with Crippen LogP contribution in [0.3, 0.4) is 0 Å². The van der Waals surface area contributed by atoms with E-state index < -0.39 is 18.0 Å². The molecule has 0 fully saturated rings. The van der Waals surface area contributed by atoms with Crippen LogP contribution in [0.1, 0.15) is 19.4 Å². The SMILES string of the molecule is CCOc1ccccc1OCC(=O)O[C@H](C)C(=O)Nc1ccccc1C. The van der Waals surface area contributed by atoms with Crippen molar-refractivity contribution in [3.63, 3.8) is 0 Å². The van der Waals surface area contributed by atoms with Gasteiger partial charge in [0.25, 0.3) is 5.91 Å². The highest BCUT2D eigenvalue weighted by Crippen LogP contribution is 2.26. The highest BCUT2D eigenvalue weighted by molar-refractivity contribution is 5.95. The average Bonchev–Trinajstić information content (AvgIpc) is 2.63. The normalized spacial score (nSPS) is 11.3. The first-order valence-corrected chi connectivity index (χ1v) is 8.42. The van der Waals surface area contributed by atoms with E-state index in [1.54, 1.807) is 24.3 Å². The van der Waals surface area contributed by atoms with Gasteiger partial charge in [0.1, 0.15) is 0 Å². The summed E-state index contributed by atoms with van der Waals surface area (Å²) in [5.74, 6) is -0.0393. The molecule has 0 bridgehead atoms. The molecule has 2 aromatic carbocycles. The molecule has 26 heavy (non-hydrogen) atoms. The zero-order valence-corrected chi connectivity index (χ0v) is 15.2. The second-order valence-electron chi connectivity index (χ2n) is 5.60. The Morgan fingerprint density at radius 2 is 1.62 bits per heavy atom. The molecule has 0 spiro atoms. The van der Waals surface area contributed by atoms with Gasteiger partial charge < -0.3 is 19.5 Å². The maximum Gasteiger partial charge on any atom is 0.344 e. The summed E-state index contributed by atoms with van der Waals surface area (Å²) in [7, 11) is 0. The molecule has 0 unspecified atom stereocenters. The summed E-state index contributed by atoms with van der Waals surface area (Å²) < 4.78 is 16.0. The van der Waals surface area contributed by atoms with Crippen molar-refractivity contribution in [2.24, 2.45) is 0 Å².